The second kappa shape index (κ2) is 9.80. The molecule has 160 valence electrons. The van der Waals surface area contributed by atoms with E-state index in [9.17, 15) is 9.90 Å². The average Bonchev–Trinajstić information content (AvgIpc) is 3.12. The maximum absolute atomic E-state index is 12.8. The number of aliphatic hydroxyl groups is 1. The molecule has 4 nitrogen and oxygen atoms in total. The molecular formula is C27H29NO3. The number of benzene rings is 3. The predicted octanol–water partition coefficient (Wildman–Crippen LogP) is 5.11. The van der Waals surface area contributed by atoms with Crippen molar-refractivity contribution in [1.82, 2.24) is 4.90 Å². The van der Waals surface area contributed by atoms with Crippen LogP contribution in [-0.2, 0) is 11.2 Å². The van der Waals surface area contributed by atoms with Gasteiger partial charge >= 0.3 is 6.09 Å². The molecule has 0 aliphatic heterocycles. The molecule has 0 fully saturated rings. The zero-order chi connectivity index (χ0) is 21.6. The molecule has 0 saturated heterocycles. The summed E-state index contributed by atoms with van der Waals surface area (Å²) in [6.45, 7) is 0.975. The highest BCUT2D eigenvalue weighted by Crippen LogP contribution is 2.44. The molecule has 0 spiro atoms. The molecule has 0 radical (unpaired) electrons. The molecule has 1 atom stereocenters. The maximum atomic E-state index is 12.8. The lowest BCUT2D eigenvalue weighted by atomic mass is 9.96. The van der Waals surface area contributed by atoms with E-state index in [1.807, 2.05) is 42.5 Å². The van der Waals surface area contributed by atoms with E-state index in [1.54, 1.807) is 11.9 Å². The standard InChI is InChI=1S/C27H29NO3/c1-28(18-21(15-16-29)17-20-9-3-2-4-10-20)27(30)31-19-26-24-13-7-5-11-22(24)23-12-6-8-14-25(23)26/h2-14,21,26,29H,15-19H2,1H3/t21-/m0/s1. The Hall–Kier alpha value is -3.11. The first kappa shape index (κ1) is 21.1. The van der Waals surface area contributed by atoms with E-state index in [4.69, 9.17) is 4.74 Å². The topological polar surface area (TPSA) is 49.8 Å². The van der Waals surface area contributed by atoms with Crippen molar-refractivity contribution in [3.8, 4) is 11.1 Å². The summed E-state index contributed by atoms with van der Waals surface area (Å²) in [5.74, 6) is 0.236. The molecule has 0 heterocycles. The van der Waals surface area contributed by atoms with E-state index in [1.165, 1.54) is 27.8 Å². The number of nitrogens with zero attached hydrogens (tertiary/aromatic N) is 1. The molecule has 0 bridgehead atoms. The van der Waals surface area contributed by atoms with Crippen LogP contribution in [0.1, 0.15) is 29.0 Å². The summed E-state index contributed by atoms with van der Waals surface area (Å²) >= 11 is 0. The largest absolute Gasteiger partial charge is 0.448 e. The Morgan fingerprint density at radius 1 is 0.935 bits per heavy atom. The SMILES string of the molecule is CN(C[C@@H](CCO)Cc1ccccc1)C(=O)OCC1c2ccccc2-c2ccccc21. The number of aliphatic hydroxyl groups excluding tert-OH is 1. The van der Waals surface area contributed by atoms with E-state index in [0.29, 0.717) is 19.6 Å². The molecule has 1 aliphatic carbocycles. The van der Waals surface area contributed by atoms with Crippen molar-refractivity contribution >= 4 is 6.09 Å². The summed E-state index contributed by atoms with van der Waals surface area (Å²) < 4.78 is 5.76. The van der Waals surface area contributed by atoms with Crippen molar-refractivity contribution in [2.45, 2.75) is 18.8 Å². The molecule has 31 heavy (non-hydrogen) atoms. The second-order valence-electron chi connectivity index (χ2n) is 8.25. The molecule has 4 heteroatoms. The van der Waals surface area contributed by atoms with E-state index in [-0.39, 0.29) is 24.5 Å². The van der Waals surface area contributed by atoms with Gasteiger partial charge in [-0.3, -0.25) is 0 Å². The molecule has 0 aromatic heterocycles. The van der Waals surface area contributed by atoms with Gasteiger partial charge in [0.2, 0.25) is 0 Å². The normalized spacial score (nSPS) is 13.4. The van der Waals surface area contributed by atoms with Crippen molar-refractivity contribution in [2.24, 2.45) is 5.92 Å². The van der Waals surface area contributed by atoms with E-state index < -0.39 is 0 Å². The van der Waals surface area contributed by atoms with Crippen LogP contribution in [0, 0.1) is 5.92 Å². The number of amides is 1. The molecule has 3 aromatic carbocycles. The van der Waals surface area contributed by atoms with Crippen LogP contribution in [0.15, 0.2) is 78.9 Å². The lowest BCUT2D eigenvalue weighted by Crippen LogP contribution is -2.34. The van der Waals surface area contributed by atoms with Crippen LogP contribution in [0.2, 0.25) is 0 Å². The monoisotopic (exact) mass is 415 g/mol. The molecule has 0 unspecified atom stereocenters. The van der Waals surface area contributed by atoms with Gasteiger partial charge in [0.05, 0.1) is 0 Å². The minimum Gasteiger partial charge on any atom is -0.448 e. The Bertz CT molecular complexity index is 972. The van der Waals surface area contributed by atoms with Gasteiger partial charge in [0.15, 0.2) is 0 Å². The summed E-state index contributed by atoms with van der Waals surface area (Å²) in [5, 5.41) is 9.46. The van der Waals surface area contributed by atoms with Crippen molar-refractivity contribution in [3.05, 3.63) is 95.6 Å². The third-order valence-corrected chi connectivity index (χ3v) is 6.08. The molecular weight excluding hydrogens is 386 g/mol. The van der Waals surface area contributed by atoms with Crippen molar-refractivity contribution in [3.63, 3.8) is 0 Å². The third kappa shape index (κ3) is 4.80. The van der Waals surface area contributed by atoms with Gasteiger partial charge in [0.1, 0.15) is 6.61 Å². The number of rotatable bonds is 8. The summed E-state index contributed by atoms with van der Waals surface area (Å²) in [6.07, 6.45) is 1.15. The van der Waals surface area contributed by atoms with Crippen LogP contribution in [0.3, 0.4) is 0 Å². The highest BCUT2D eigenvalue weighted by Gasteiger charge is 2.29. The van der Waals surface area contributed by atoms with Gasteiger partial charge in [-0.15, -0.1) is 0 Å². The second-order valence-corrected chi connectivity index (χ2v) is 8.25. The number of carbonyl (C=O) groups is 1. The van der Waals surface area contributed by atoms with Crippen molar-refractivity contribution in [2.75, 3.05) is 26.8 Å². The fourth-order valence-electron chi connectivity index (χ4n) is 4.55. The smallest absolute Gasteiger partial charge is 0.409 e. The highest BCUT2D eigenvalue weighted by atomic mass is 16.6. The summed E-state index contributed by atoms with van der Waals surface area (Å²) in [7, 11) is 1.77. The van der Waals surface area contributed by atoms with Gasteiger partial charge in [-0.1, -0.05) is 78.9 Å². The Morgan fingerprint density at radius 3 is 2.13 bits per heavy atom. The summed E-state index contributed by atoms with van der Waals surface area (Å²) in [6, 6.07) is 26.9. The Kier molecular flexibility index (Phi) is 6.68. The Labute approximate surface area is 184 Å². The first-order valence-corrected chi connectivity index (χ1v) is 10.9. The number of hydrogen-bond acceptors (Lipinski definition) is 3. The van der Waals surface area contributed by atoms with Gasteiger partial charge in [0, 0.05) is 26.1 Å². The van der Waals surface area contributed by atoms with E-state index in [2.05, 4.69) is 36.4 Å². The highest BCUT2D eigenvalue weighted by molar-refractivity contribution is 5.79. The summed E-state index contributed by atoms with van der Waals surface area (Å²) in [4.78, 5) is 14.4. The van der Waals surface area contributed by atoms with Crippen LogP contribution in [0.4, 0.5) is 4.79 Å². The minimum atomic E-state index is -0.321. The van der Waals surface area contributed by atoms with Gasteiger partial charge in [-0.25, -0.2) is 4.79 Å². The van der Waals surface area contributed by atoms with Gasteiger partial charge in [-0.2, -0.15) is 0 Å². The average molecular weight is 416 g/mol. The summed E-state index contributed by atoms with van der Waals surface area (Å²) in [5.41, 5.74) is 6.07. The Balaban J connectivity index is 1.39. The van der Waals surface area contributed by atoms with Crippen LogP contribution in [0.25, 0.3) is 11.1 Å². The minimum absolute atomic E-state index is 0.0577. The first-order chi connectivity index (χ1) is 15.2. The first-order valence-electron chi connectivity index (χ1n) is 10.9. The number of ether oxygens (including phenoxy) is 1. The molecule has 0 saturated carbocycles. The lowest BCUT2D eigenvalue weighted by Gasteiger charge is -2.24. The fraction of sp³-hybridized carbons (Fsp3) is 0.296. The number of hydrogen-bond donors (Lipinski definition) is 1. The predicted molar refractivity (Wildman–Crippen MR) is 123 cm³/mol. The van der Waals surface area contributed by atoms with Crippen LogP contribution in [-0.4, -0.2) is 42.9 Å². The van der Waals surface area contributed by atoms with E-state index in [0.717, 1.165) is 6.42 Å². The quantitative estimate of drug-likeness (QED) is 0.556. The molecule has 4 rings (SSSR count). The van der Waals surface area contributed by atoms with Crippen molar-refractivity contribution in [1.29, 1.82) is 0 Å². The zero-order valence-electron chi connectivity index (χ0n) is 17.9. The Morgan fingerprint density at radius 2 is 1.52 bits per heavy atom. The molecule has 1 aliphatic rings. The lowest BCUT2D eigenvalue weighted by molar-refractivity contribution is 0.100. The number of fused-ring (bicyclic) bond motifs is 3. The fourth-order valence-corrected chi connectivity index (χ4v) is 4.55. The molecule has 1 amide bonds. The maximum Gasteiger partial charge on any atom is 0.409 e. The van der Waals surface area contributed by atoms with Gasteiger partial charge in [-0.05, 0) is 46.6 Å². The molecule has 1 N–H and O–H groups in total. The number of carbonyl (C=O) groups excluding carboxylic acids is 1. The zero-order valence-corrected chi connectivity index (χ0v) is 17.9. The van der Waals surface area contributed by atoms with Crippen LogP contribution in [0.5, 0.6) is 0 Å². The third-order valence-electron chi connectivity index (χ3n) is 6.08. The van der Waals surface area contributed by atoms with Crippen LogP contribution >= 0.6 is 0 Å². The van der Waals surface area contributed by atoms with Gasteiger partial charge < -0.3 is 14.7 Å². The van der Waals surface area contributed by atoms with Crippen molar-refractivity contribution < 1.29 is 14.6 Å². The van der Waals surface area contributed by atoms with Crippen LogP contribution < -0.4 is 0 Å². The van der Waals surface area contributed by atoms with E-state index >= 15 is 0 Å². The van der Waals surface area contributed by atoms with Gasteiger partial charge in [0.25, 0.3) is 0 Å². The molecule has 3 aromatic rings.